The lowest BCUT2D eigenvalue weighted by atomic mass is 9.86. The second-order valence-corrected chi connectivity index (χ2v) is 6.31. The molecule has 0 N–H and O–H groups in total. The highest BCUT2D eigenvalue weighted by molar-refractivity contribution is 6.32. The van der Waals surface area contributed by atoms with Gasteiger partial charge in [-0.3, -0.25) is 15.0 Å². The Balaban J connectivity index is 1.98. The number of nitro groups is 1. The number of benzene rings is 1. The third-order valence-electron chi connectivity index (χ3n) is 4.19. The Labute approximate surface area is 124 Å². The summed E-state index contributed by atoms with van der Waals surface area (Å²) in [5, 5.41) is 11.1. The molecule has 0 amide bonds. The van der Waals surface area contributed by atoms with Crippen LogP contribution in [0.25, 0.3) is 0 Å². The molecule has 4 nitrogen and oxygen atoms in total. The van der Waals surface area contributed by atoms with Gasteiger partial charge in [0.15, 0.2) is 0 Å². The molecule has 1 aromatic carbocycles. The van der Waals surface area contributed by atoms with Crippen LogP contribution in [0.3, 0.4) is 0 Å². The average Bonchev–Trinajstić information content (AvgIpc) is 2.41. The SMILES string of the molecule is CC(C)C1CCN(Cc2ccc(Cl)c([N+](=O)[O-])c2)CC1. The summed E-state index contributed by atoms with van der Waals surface area (Å²) < 4.78 is 0. The first kappa shape index (κ1) is 15.3. The van der Waals surface area contributed by atoms with E-state index in [1.165, 1.54) is 12.8 Å². The van der Waals surface area contributed by atoms with Crippen LogP contribution >= 0.6 is 11.6 Å². The maximum absolute atomic E-state index is 10.9. The van der Waals surface area contributed by atoms with Gasteiger partial charge in [0.2, 0.25) is 0 Å². The molecule has 1 heterocycles. The van der Waals surface area contributed by atoms with E-state index in [-0.39, 0.29) is 10.7 Å². The predicted molar refractivity (Wildman–Crippen MR) is 80.9 cm³/mol. The van der Waals surface area contributed by atoms with Crippen LogP contribution < -0.4 is 0 Å². The first-order valence-corrected chi connectivity index (χ1v) is 7.50. The monoisotopic (exact) mass is 296 g/mol. The smallest absolute Gasteiger partial charge is 0.288 e. The van der Waals surface area contributed by atoms with Gasteiger partial charge in [0, 0.05) is 12.6 Å². The zero-order chi connectivity index (χ0) is 14.7. The van der Waals surface area contributed by atoms with Crippen molar-refractivity contribution in [1.82, 2.24) is 4.90 Å². The zero-order valence-corrected chi connectivity index (χ0v) is 12.8. The van der Waals surface area contributed by atoms with Crippen molar-refractivity contribution in [2.24, 2.45) is 11.8 Å². The molecular formula is C15H21ClN2O2. The second-order valence-electron chi connectivity index (χ2n) is 5.90. The van der Waals surface area contributed by atoms with Crippen LogP contribution in [0.2, 0.25) is 5.02 Å². The van der Waals surface area contributed by atoms with E-state index in [4.69, 9.17) is 11.6 Å². The molecule has 20 heavy (non-hydrogen) atoms. The summed E-state index contributed by atoms with van der Waals surface area (Å²) >= 11 is 5.83. The summed E-state index contributed by atoms with van der Waals surface area (Å²) in [4.78, 5) is 12.8. The number of nitrogens with zero attached hydrogens (tertiary/aromatic N) is 2. The van der Waals surface area contributed by atoms with Gasteiger partial charge in [-0.15, -0.1) is 0 Å². The molecule has 1 fully saturated rings. The highest BCUT2D eigenvalue weighted by atomic mass is 35.5. The highest BCUT2D eigenvalue weighted by Crippen LogP contribution is 2.28. The minimum atomic E-state index is -0.420. The summed E-state index contributed by atoms with van der Waals surface area (Å²) in [6.45, 7) is 7.47. The van der Waals surface area contributed by atoms with Crippen molar-refractivity contribution >= 4 is 17.3 Å². The van der Waals surface area contributed by atoms with Gasteiger partial charge in [0.05, 0.1) is 4.92 Å². The Morgan fingerprint density at radius 1 is 1.40 bits per heavy atom. The van der Waals surface area contributed by atoms with Gasteiger partial charge in [-0.1, -0.05) is 31.5 Å². The molecule has 2 rings (SSSR count). The fraction of sp³-hybridized carbons (Fsp3) is 0.600. The highest BCUT2D eigenvalue weighted by Gasteiger charge is 2.22. The van der Waals surface area contributed by atoms with Gasteiger partial charge in [0.25, 0.3) is 5.69 Å². The van der Waals surface area contributed by atoms with Gasteiger partial charge in [-0.2, -0.15) is 0 Å². The van der Waals surface area contributed by atoms with Crippen LogP contribution in [0.5, 0.6) is 0 Å². The van der Waals surface area contributed by atoms with Gasteiger partial charge in [-0.05, 0) is 49.4 Å². The first-order valence-electron chi connectivity index (χ1n) is 7.12. The molecule has 0 radical (unpaired) electrons. The van der Waals surface area contributed by atoms with Crippen LogP contribution in [0, 0.1) is 22.0 Å². The van der Waals surface area contributed by atoms with Crippen molar-refractivity contribution < 1.29 is 4.92 Å². The van der Waals surface area contributed by atoms with Crippen molar-refractivity contribution in [3.63, 3.8) is 0 Å². The Hall–Kier alpha value is -1.13. The molecule has 1 aliphatic rings. The Morgan fingerprint density at radius 2 is 2.05 bits per heavy atom. The fourth-order valence-corrected chi connectivity index (χ4v) is 3.02. The molecule has 0 unspecified atom stereocenters. The lowest BCUT2D eigenvalue weighted by molar-refractivity contribution is -0.384. The maximum Gasteiger partial charge on any atom is 0.288 e. The van der Waals surface area contributed by atoms with Crippen LogP contribution in [-0.4, -0.2) is 22.9 Å². The van der Waals surface area contributed by atoms with Gasteiger partial charge in [0.1, 0.15) is 5.02 Å². The molecule has 110 valence electrons. The lowest BCUT2D eigenvalue weighted by Crippen LogP contribution is -2.34. The number of rotatable bonds is 4. The summed E-state index contributed by atoms with van der Waals surface area (Å²) in [6.07, 6.45) is 2.43. The van der Waals surface area contributed by atoms with Gasteiger partial charge in [-0.25, -0.2) is 0 Å². The van der Waals surface area contributed by atoms with E-state index in [0.29, 0.717) is 0 Å². The number of nitro benzene ring substituents is 1. The van der Waals surface area contributed by atoms with Crippen molar-refractivity contribution in [1.29, 1.82) is 0 Å². The number of hydrogen-bond donors (Lipinski definition) is 0. The molecule has 1 aromatic rings. The molecule has 0 spiro atoms. The molecular weight excluding hydrogens is 276 g/mol. The Kier molecular flexibility index (Phi) is 5.00. The normalized spacial score (nSPS) is 17.6. The fourth-order valence-electron chi connectivity index (χ4n) is 2.83. The largest absolute Gasteiger partial charge is 0.299 e. The molecule has 5 heteroatoms. The quantitative estimate of drug-likeness (QED) is 0.620. The summed E-state index contributed by atoms with van der Waals surface area (Å²) in [7, 11) is 0. The number of halogens is 1. The van der Waals surface area contributed by atoms with E-state index in [9.17, 15) is 10.1 Å². The summed E-state index contributed by atoms with van der Waals surface area (Å²) in [6, 6.07) is 5.09. The topological polar surface area (TPSA) is 46.4 Å². The van der Waals surface area contributed by atoms with Crippen molar-refractivity contribution in [2.75, 3.05) is 13.1 Å². The molecule has 0 aliphatic carbocycles. The van der Waals surface area contributed by atoms with Crippen LogP contribution in [-0.2, 0) is 6.54 Å². The summed E-state index contributed by atoms with van der Waals surface area (Å²) in [5.41, 5.74) is 0.963. The Bertz CT molecular complexity index is 483. The van der Waals surface area contributed by atoms with Crippen molar-refractivity contribution in [2.45, 2.75) is 33.2 Å². The minimum absolute atomic E-state index is 0.00114. The molecule has 0 bridgehead atoms. The second kappa shape index (κ2) is 6.55. The van der Waals surface area contributed by atoms with E-state index in [1.807, 2.05) is 6.07 Å². The first-order chi connectivity index (χ1) is 9.47. The maximum atomic E-state index is 10.9. The number of piperidine rings is 1. The molecule has 1 aliphatic heterocycles. The van der Waals surface area contributed by atoms with Crippen LogP contribution in [0.15, 0.2) is 18.2 Å². The molecule has 1 saturated heterocycles. The van der Waals surface area contributed by atoms with Crippen molar-refractivity contribution in [3.8, 4) is 0 Å². The van der Waals surface area contributed by atoms with Gasteiger partial charge < -0.3 is 0 Å². The molecule has 0 atom stereocenters. The standard InChI is InChI=1S/C15H21ClN2O2/c1-11(2)13-5-7-17(8-6-13)10-12-3-4-14(16)15(9-12)18(19)20/h3-4,9,11,13H,5-8,10H2,1-2H3. The average molecular weight is 297 g/mol. The number of likely N-dealkylation sites (tertiary alicyclic amines) is 1. The number of hydrogen-bond acceptors (Lipinski definition) is 3. The van der Waals surface area contributed by atoms with E-state index >= 15 is 0 Å². The van der Waals surface area contributed by atoms with Crippen LogP contribution in [0.4, 0.5) is 5.69 Å². The summed E-state index contributed by atoms with van der Waals surface area (Å²) in [5.74, 6) is 1.56. The van der Waals surface area contributed by atoms with Crippen LogP contribution in [0.1, 0.15) is 32.3 Å². The van der Waals surface area contributed by atoms with E-state index in [1.54, 1.807) is 12.1 Å². The van der Waals surface area contributed by atoms with E-state index in [2.05, 4.69) is 18.7 Å². The molecule has 0 saturated carbocycles. The lowest BCUT2D eigenvalue weighted by Gasteiger charge is -2.33. The van der Waals surface area contributed by atoms with Crippen molar-refractivity contribution in [3.05, 3.63) is 38.9 Å². The third-order valence-corrected chi connectivity index (χ3v) is 4.51. The molecule has 0 aromatic heterocycles. The third kappa shape index (κ3) is 3.70. The Morgan fingerprint density at radius 3 is 2.60 bits per heavy atom. The predicted octanol–water partition coefficient (Wildman–Crippen LogP) is 4.12. The van der Waals surface area contributed by atoms with E-state index < -0.39 is 4.92 Å². The zero-order valence-electron chi connectivity index (χ0n) is 12.0. The minimum Gasteiger partial charge on any atom is -0.299 e. The van der Waals surface area contributed by atoms with E-state index in [0.717, 1.165) is 37.0 Å². The van der Waals surface area contributed by atoms with Gasteiger partial charge >= 0.3 is 0 Å².